The summed E-state index contributed by atoms with van der Waals surface area (Å²) in [7, 11) is 0. The van der Waals surface area contributed by atoms with Gasteiger partial charge in [0.05, 0.1) is 18.3 Å². The minimum atomic E-state index is -0.128. The molecule has 5 atom stereocenters. The van der Waals surface area contributed by atoms with Crippen LogP contribution >= 0.6 is 0 Å². The van der Waals surface area contributed by atoms with Crippen LogP contribution in [0.5, 0.6) is 0 Å². The number of fused-ring (bicyclic) bond motifs is 2. The third kappa shape index (κ3) is 2.77. The molecule has 2 bridgehead atoms. The number of aliphatic hydroxyl groups excluding tert-OH is 1. The van der Waals surface area contributed by atoms with Gasteiger partial charge in [-0.25, -0.2) is 0 Å². The number of hydrogen-bond donors (Lipinski definition) is 1. The Labute approximate surface area is 123 Å². The molecule has 3 nitrogen and oxygen atoms in total. The number of hydrogen-bond acceptors (Lipinski definition) is 3. The SMILES string of the molecule is CCC(C)(C)C1CCC(O)C(N2CC3CCC(C2)O3)C1. The molecule has 0 amide bonds. The van der Waals surface area contributed by atoms with Crippen LogP contribution in [-0.2, 0) is 4.74 Å². The largest absolute Gasteiger partial charge is 0.391 e. The zero-order valence-corrected chi connectivity index (χ0v) is 13.3. The Balaban J connectivity index is 1.68. The van der Waals surface area contributed by atoms with Gasteiger partial charge in [-0.15, -0.1) is 0 Å². The minimum absolute atomic E-state index is 0.128. The van der Waals surface area contributed by atoms with E-state index in [1.54, 1.807) is 0 Å². The summed E-state index contributed by atoms with van der Waals surface area (Å²) in [6.45, 7) is 9.18. The second-order valence-corrected chi connectivity index (χ2v) is 7.90. The van der Waals surface area contributed by atoms with Crippen LogP contribution in [0.4, 0.5) is 0 Å². The van der Waals surface area contributed by atoms with Crippen molar-refractivity contribution >= 4 is 0 Å². The van der Waals surface area contributed by atoms with E-state index in [0.29, 0.717) is 23.7 Å². The van der Waals surface area contributed by atoms with E-state index in [4.69, 9.17) is 4.74 Å². The number of likely N-dealkylation sites (tertiary alicyclic amines) is 1. The zero-order chi connectivity index (χ0) is 14.3. The summed E-state index contributed by atoms with van der Waals surface area (Å²) in [5, 5.41) is 10.5. The molecule has 1 saturated carbocycles. The van der Waals surface area contributed by atoms with Crippen LogP contribution in [0, 0.1) is 11.3 Å². The summed E-state index contributed by atoms with van der Waals surface area (Å²) in [6.07, 6.45) is 7.73. The lowest BCUT2D eigenvalue weighted by Crippen LogP contribution is -2.55. The van der Waals surface area contributed by atoms with E-state index in [-0.39, 0.29) is 6.10 Å². The fourth-order valence-electron chi connectivity index (χ4n) is 4.44. The lowest BCUT2D eigenvalue weighted by Gasteiger charge is -2.47. The Morgan fingerprint density at radius 1 is 1.10 bits per heavy atom. The highest BCUT2D eigenvalue weighted by molar-refractivity contribution is 4.95. The van der Waals surface area contributed by atoms with Gasteiger partial charge in [0.15, 0.2) is 0 Å². The predicted octanol–water partition coefficient (Wildman–Crippen LogP) is 2.82. The van der Waals surface area contributed by atoms with Gasteiger partial charge < -0.3 is 9.84 Å². The number of ether oxygens (including phenoxy) is 1. The summed E-state index contributed by atoms with van der Waals surface area (Å²) in [5.41, 5.74) is 0.406. The van der Waals surface area contributed by atoms with Gasteiger partial charge in [0.2, 0.25) is 0 Å². The minimum Gasteiger partial charge on any atom is -0.391 e. The molecule has 2 saturated heterocycles. The third-order valence-electron chi connectivity index (χ3n) is 6.34. The smallest absolute Gasteiger partial charge is 0.0707 e. The van der Waals surface area contributed by atoms with E-state index in [9.17, 15) is 5.11 Å². The van der Waals surface area contributed by atoms with Gasteiger partial charge in [-0.3, -0.25) is 4.90 Å². The molecular weight excluding hydrogens is 250 g/mol. The quantitative estimate of drug-likeness (QED) is 0.863. The molecular formula is C17H31NO2. The summed E-state index contributed by atoms with van der Waals surface area (Å²) in [5.74, 6) is 0.751. The topological polar surface area (TPSA) is 32.7 Å². The standard InChI is InChI=1S/C17H31NO2/c1-4-17(2,3)12-5-8-16(19)15(9-12)18-10-13-6-7-14(11-18)20-13/h12-16,19H,4-11H2,1-3H3. The lowest BCUT2D eigenvalue weighted by atomic mass is 9.67. The van der Waals surface area contributed by atoms with Crippen LogP contribution in [0.25, 0.3) is 0 Å². The van der Waals surface area contributed by atoms with Crippen LogP contribution < -0.4 is 0 Å². The molecule has 0 spiro atoms. The average Bonchev–Trinajstić information content (AvgIpc) is 2.77. The first-order valence-corrected chi connectivity index (χ1v) is 8.57. The molecule has 1 N–H and O–H groups in total. The predicted molar refractivity (Wildman–Crippen MR) is 80.7 cm³/mol. The van der Waals surface area contributed by atoms with Crippen molar-refractivity contribution in [1.29, 1.82) is 0 Å². The molecule has 0 aromatic rings. The maximum absolute atomic E-state index is 10.5. The first-order chi connectivity index (χ1) is 9.49. The van der Waals surface area contributed by atoms with Gasteiger partial charge in [-0.2, -0.15) is 0 Å². The highest BCUT2D eigenvalue weighted by Crippen LogP contribution is 2.42. The Hall–Kier alpha value is -0.120. The summed E-state index contributed by atoms with van der Waals surface area (Å²) in [6, 6.07) is 0.367. The zero-order valence-electron chi connectivity index (χ0n) is 13.3. The van der Waals surface area contributed by atoms with Crippen LogP contribution in [0.15, 0.2) is 0 Å². The van der Waals surface area contributed by atoms with Gasteiger partial charge in [0, 0.05) is 19.1 Å². The van der Waals surface area contributed by atoms with E-state index < -0.39 is 0 Å². The third-order valence-corrected chi connectivity index (χ3v) is 6.34. The van der Waals surface area contributed by atoms with Crippen molar-refractivity contribution in [2.75, 3.05) is 13.1 Å². The molecule has 5 unspecified atom stereocenters. The highest BCUT2D eigenvalue weighted by atomic mass is 16.5. The van der Waals surface area contributed by atoms with Gasteiger partial charge in [0.25, 0.3) is 0 Å². The second-order valence-electron chi connectivity index (χ2n) is 7.90. The van der Waals surface area contributed by atoms with Gasteiger partial charge in [0.1, 0.15) is 0 Å². The highest BCUT2D eigenvalue weighted by Gasteiger charge is 2.43. The first-order valence-electron chi connectivity index (χ1n) is 8.57. The molecule has 3 fully saturated rings. The van der Waals surface area contributed by atoms with Gasteiger partial charge in [-0.05, 0) is 43.4 Å². The van der Waals surface area contributed by atoms with E-state index in [1.165, 1.54) is 32.1 Å². The van der Waals surface area contributed by atoms with Crippen molar-refractivity contribution in [3.63, 3.8) is 0 Å². The molecule has 2 heterocycles. The van der Waals surface area contributed by atoms with Crippen molar-refractivity contribution in [2.45, 2.75) is 83.6 Å². The summed E-state index contributed by atoms with van der Waals surface area (Å²) in [4.78, 5) is 2.55. The molecule has 3 rings (SSSR count). The normalized spacial score (nSPS) is 42.9. The molecule has 20 heavy (non-hydrogen) atoms. The van der Waals surface area contributed by atoms with Crippen LogP contribution in [-0.4, -0.2) is 47.4 Å². The molecule has 0 aromatic carbocycles. The lowest BCUT2D eigenvalue weighted by molar-refractivity contribution is -0.0925. The molecule has 0 radical (unpaired) electrons. The number of morpholine rings is 1. The molecule has 3 heteroatoms. The molecule has 0 aromatic heterocycles. The Morgan fingerprint density at radius 2 is 1.75 bits per heavy atom. The number of nitrogens with zero attached hydrogens (tertiary/aromatic N) is 1. The maximum atomic E-state index is 10.5. The summed E-state index contributed by atoms with van der Waals surface area (Å²) < 4.78 is 5.95. The molecule has 3 aliphatic rings. The van der Waals surface area contributed by atoms with Crippen molar-refractivity contribution in [3.8, 4) is 0 Å². The average molecular weight is 281 g/mol. The fraction of sp³-hybridized carbons (Fsp3) is 1.00. The maximum Gasteiger partial charge on any atom is 0.0707 e. The van der Waals surface area contributed by atoms with E-state index in [0.717, 1.165) is 25.4 Å². The Kier molecular flexibility index (Phi) is 4.13. The Morgan fingerprint density at radius 3 is 2.35 bits per heavy atom. The molecule has 116 valence electrons. The van der Waals surface area contributed by atoms with Crippen molar-refractivity contribution < 1.29 is 9.84 Å². The fourth-order valence-corrected chi connectivity index (χ4v) is 4.44. The first kappa shape index (κ1) is 14.8. The van der Waals surface area contributed by atoms with Crippen molar-refractivity contribution in [2.24, 2.45) is 11.3 Å². The van der Waals surface area contributed by atoms with E-state index >= 15 is 0 Å². The molecule has 1 aliphatic carbocycles. The van der Waals surface area contributed by atoms with E-state index in [1.807, 2.05) is 0 Å². The molecule has 2 aliphatic heterocycles. The van der Waals surface area contributed by atoms with Crippen LogP contribution in [0.1, 0.15) is 59.3 Å². The monoisotopic (exact) mass is 281 g/mol. The van der Waals surface area contributed by atoms with E-state index in [2.05, 4.69) is 25.7 Å². The van der Waals surface area contributed by atoms with Crippen molar-refractivity contribution in [1.82, 2.24) is 4.90 Å². The Bertz CT molecular complexity index is 332. The van der Waals surface area contributed by atoms with Crippen LogP contribution in [0.2, 0.25) is 0 Å². The van der Waals surface area contributed by atoms with Gasteiger partial charge >= 0.3 is 0 Å². The van der Waals surface area contributed by atoms with Crippen molar-refractivity contribution in [3.05, 3.63) is 0 Å². The number of aliphatic hydroxyl groups is 1. The second kappa shape index (κ2) is 5.58. The van der Waals surface area contributed by atoms with Gasteiger partial charge in [-0.1, -0.05) is 27.2 Å². The summed E-state index contributed by atoms with van der Waals surface area (Å²) >= 11 is 0. The van der Waals surface area contributed by atoms with Crippen LogP contribution in [0.3, 0.4) is 0 Å². The number of rotatable bonds is 3.